The van der Waals surface area contributed by atoms with E-state index in [1.54, 1.807) is 37.7 Å². The number of nitrogens with one attached hydrogen (secondary N) is 1. The third-order valence-electron chi connectivity index (χ3n) is 2.63. The van der Waals surface area contributed by atoms with Crippen molar-refractivity contribution in [2.45, 2.75) is 6.92 Å². The number of carbonyl (C=O) groups excluding carboxylic acids is 1. The predicted octanol–water partition coefficient (Wildman–Crippen LogP) is 3.41. The lowest BCUT2D eigenvalue weighted by Crippen LogP contribution is -2.12. The SMILES string of the molecule is COc1cc(C(=O)Nc2cncc(Br)c2)ccc1C. The number of hydrogen-bond acceptors (Lipinski definition) is 3. The van der Waals surface area contributed by atoms with Gasteiger partial charge in [0.2, 0.25) is 0 Å². The lowest BCUT2D eigenvalue weighted by atomic mass is 10.1. The Kier molecular flexibility index (Phi) is 4.16. The van der Waals surface area contributed by atoms with Gasteiger partial charge in [-0.15, -0.1) is 0 Å². The highest BCUT2D eigenvalue weighted by Crippen LogP contribution is 2.20. The van der Waals surface area contributed by atoms with Crippen molar-refractivity contribution in [3.8, 4) is 5.75 Å². The molecule has 1 aromatic carbocycles. The van der Waals surface area contributed by atoms with Crippen LogP contribution in [-0.4, -0.2) is 18.0 Å². The second kappa shape index (κ2) is 5.84. The van der Waals surface area contributed by atoms with Gasteiger partial charge in [0, 0.05) is 16.2 Å². The molecule has 0 aliphatic heterocycles. The van der Waals surface area contributed by atoms with E-state index in [2.05, 4.69) is 26.2 Å². The van der Waals surface area contributed by atoms with Gasteiger partial charge in [0.05, 0.1) is 19.0 Å². The number of ether oxygens (including phenoxy) is 1. The normalized spacial score (nSPS) is 10.1. The Balaban J connectivity index is 2.20. The molecule has 0 radical (unpaired) electrons. The van der Waals surface area contributed by atoms with Gasteiger partial charge in [0.15, 0.2) is 0 Å². The molecule has 0 aliphatic carbocycles. The molecule has 2 aromatic rings. The molecule has 19 heavy (non-hydrogen) atoms. The molecule has 1 heterocycles. The smallest absolute Gasteiger partial charge is 0.255 e. The molecule has 5 heteroatoms. The van der Waals surface area contributed by atoms with E-state index >= 15 is 0 Å². The number of nitrogens with zero attached hydrogens (tertiary/aromatic N) is 1. The first-order valence-electron chi connectivity index (χ1n) is 5.66. The maximum Gasteiger partial charge on any atom is 0.255 e. The standard InChI is InChI=1S/C14H13BrN2O2/c1-9-3-4-10(5-13(9)19-2)14(18)17-12-6-11(15)7-16-8-12/h3-8H,1-2H3,(H,17,18). The minimum absolute atomic E-state index is 0.196. The van der Waals surface area contributed by atoms with Crippen LogP contribution in [-0.2, 0) is 0 Å². The third-order valence-corrected chi connectivity index (χ3v) is 3.07. The Hall–Kier alpha value is -1.88. The first kappa shape index (κ1) is 13.5. The zero-order valence-electron chi connectivity index (χ0n) is 10.6. The van der Waals surface area contributed by atoms with E-state index in [1.165, 1.54) is 0 Å². The Morgan fingerprint density at radius 1 is 1.32 bits per heavy atom. The number of aromatic nitrogens is 1. The third kappa shape index (κ3) is 3.32. The van der Waals surface area contributed by atoms with Crippen LogP contribution in [0.1, 0.15) is 15.9 Å². The Morgan fingerprint density at radius 2 is 2.11 bits per heavy atom. The number of pyridine rings is 1. The van der Waals surface area contributed by atoms with Gasteiger partial charge in [-0.05, 0) is 46.6 Å². The summed E-state index contributed by atoms with van der Waals surface area (Å²) >= 11 is 3.31. The van der Waals surface area contributed by atoms with Gasteiger partial charge in [-0.1, -0.05) is 6.07 Å². The summed E-state index contributed by atoms with van der Waals surface area (Å²) in [7, 11) is 1.59. The molecular formula is C14H13BrN2O2. The molecule has 1 amide bonds. The number of benzene rings is 1. The van der Waals surface area contributed by atoms with Crippen molar-refractivity contribution in [1.29, 1.82) is 0 Å². The van der Waals surface area contributed by atoms with E-state index in [0.29, 0.717) is 17.0 Å². The van der Waals surface area contributed by atoms with Crippen molar-refractivity contribution in [3.63, 3.8) is 0 Å². The molecule has 0 fully saturated rings. The summed E-state index contributed by atoms with van der Waals surface area (Å²) in [5, 5.41) is 2.78. The van der Waals surface area contributed by atoms with Crippen LogP contribution in [0.4, 0.5) is 5.69 Å². The summed E-state index contributed by atoms with van der Waals surface area (Å²) in [6, 6.07) is 7.12. The molecule has 0 bridgehead atoms. The summed E-state index contributed by atoms with van der Waals surface area (Å²) in [6.45, 7) is 1.93. The van der Waals surface area contributed by atoms with Gasteiger partial charge in [-0.2, -0.15) is 0 Å². The van der Waals surface area contributed by atoms with E-state index in [0.717, 1.165) is 10.0 Å². The molecule has 0 unspecified atom stereocenters. The Labute approximate surface area is 119 Å². The average molecular weight is 321 g/mol. The van der Waals surface area contributed by atoms with E-state index in [-0.39, 0.29) is 5.91 Å². The van der Waals surface area contributed by atoms with Crippen molar-refractivity contribution in [2.75, 3.05) is 12.4 Å². The van der Waals surface area contributed by atoms with Crippen LogP contribution < -0.4 is 10.1 Å². The largest absolute Gasteiger partial charge is 0.496 e. The van der Waals surface area contributed by atoms with Crippen molar-refractivity contribution >= 4 is 27.5 Å². The number of halogens is 1. The second-order valence-corrected chi connectivity index (χ2v) is 4.95. The number of anilines is 1. The summed E-state index contributed by atoms with van der Waals surface area (Å²) in [5.41, 5.74) is 2.17. The van der Waals surface area contributed by atoms with Crippen LogP contribution in [0.2, 0.25) is 0 Å². The number of hydrogen-bond donors (Lipinski definition) is 1. The van der Waals surface area contributed by atoms with Gasteiger partial charge >= 0.3 is 0 Å². The van der Waals surface area contributed by atoms with Crippen LogP contribution in [0.3, 0.4) is 0 Å². The van der Waals surface area contributed by atoms with Crippen LogP contribution in [0.15, 0.2) is 41.1 Å². The molecule has 0 saturated carbocycles. The molecule has 4 nitrogen and oxygen atoms in total. The van der Waals surface area contributed by atoms with Crippen LogP contribution in [0.25, 0.3) is 0 Å². The minimum atomic E-state index is -0.196. The fourth-order valence-electron chi connectivity index (χ4n) is 1.64. The monoisotopic (exact) mass is 320 g/mol. The number of carbonyl (C=O) groups is 1. The van der Waals surface area contributed by atoms with Crippen LogP contribution >= 0.6 is 15.9 Å². The van der Waals surface area contributed by atoms with Crippen LogP contribution in [0.5, 0.6) is 5.75 Å². The molecule has 98 valence electrons. The molecule has 2 rings (SSSR count). The predicted molar refractivity (Wildman–Crippen MR) is 77.6 cm³/mol. The summed E-state index contributed by atoms with van der Waals surface area (Å²) in [4.78, 5) is 16.1. The summed E-state index contributed by atoms with van der Waals surface area (Å²) in [6.07, 6.45) is 3.25. The maximum absolute atomic E-state index is 12.1. The number of amides is 1. The van der Waals surface area contributed by atoms with Gasteiger partial charge < -0.3 is 10.1 Å². The van der Waals surface area contributed by atoms with E-state index in [1.807, 2.05) is 13.0 Å². The van der Waals surface area contributed by atoms with E-state index < -0.39 is 0 Å². The van der Waals surface area contributed by atoms with Crippen molar-refractivity contribution in [2.24, 2.45) is 0 Å². The fourth-order valence-corrected chi connectivity index (χ4v) is 2.01. The second-order valence-electron chi connectivity index (χ2n) is 4.03. The Morgan fingerprint density at radius 3 is 2.79 bits per heavy atom. The highest BCUT2D eigenvalue weighted by molar-refractivity contribution is 9.10. The Bertz CT molecular complexity index is 614. The van der Waals surface area contributed by atoms with Gasteiger partial charge in [0.1, 0.15) is 5.75 Å². The zero-order valence-corrected chi connectivity index (χ0v) is 12.2. The summed E-state index contributed by atoms with van der Waals surface area (Å²) in [5.74, 6) is 0.498. The maximum atomic E-state index is 12.1. The van der Waals surface area contributed by atoms with Crippen molar-refractivity contribution < 1.29 is 9.53 Å². The van der Waals surface area contributed by atoms with Gasteiger partial charge in [-0.3, -0.25) is 9.78 Å². The molecule has 0 aliphatic rings. The van der Waals surface area contributed by atoms with Gasteiger partial charge in [0.25, 0.3) is 5.91 Å². The highest BCUT2D eigenvalue weighted by Gasteiger charge is 2.09. The first-order valence-corrected chi connectivity index (χ1v) is 6.46. The highest BCUT2D eigenvalue weighted by atomic mass is 79.9. The lowest BCUT2D eigenvalue weighted by molar-refractivity contribution is 0.102. The quantitative estimate of drug-likeness (QED) is 0.942. The number of aryl methyl sites for hydroxylation is 1. The molecule has 0 spiro atoms. The van der Waals surface area contributed by atoms with E-state index in [4.69, 9.17) is 4.74 Å². The number of methoxy groups -OCH3 is 1. The molecule has 0 atom stereocenters. The topological polar surface area (TPSA) is 51.2 Å². The number of rotatable bonds is 3. The van der Waals surface area contributed by atoms with Crippen molar-refractivity contribution in [1.82, 2.24) is 4.98 Å². The van der Waals surface area contributed by atoms with Gasteiger partial charge in [-0.25, -0.2) is 0 Å². The van der Waals surface area contributed by atoms with Crippen LogP contribution in [0, 0.1) is 6.92 Å². The fraction of sp³-hybridized carbons (Fsp3) is 0.143. The van der Waals surface area contributed by atoms with Crippen molar-refractivity contribution in [3.05, 3.63) is 52.3 Å². The molecule has 1 aromatic heterocycles. The summed E-state index contributed by atoms with van der Waals surface area (Å²) < 4.78 is 6.02. The molecular weight excluding hydrogens is 308 g/mol. The zero-order chi connectivity index (χ0) is 13.8. The lowest BCUT2D eigenvalue weighted by Gasteiger charge is -2.08. The first-order chi connectivity index (χ1) is 9.10. The molecule has 1 N–H and O–H groups in total. The van der Waals surface area contributed by atoms with E-state index in [9.17, 15) is 4.79 Å². The molecule has 0 saturated heterocycles. The average Bonchev–Trinajstić information content (AvgIpc) is 2.39. The minimum Gasteiger partial charge on any atom is -0.496 e.